The molecule has 1 aromatic heterocycles. The molecule has 0 spiro atoms. The van der Waals surface area contributed by atoms with Crippen LogP contribution in [0.4, 0.5) is 15.8 Å². The van der Waals surface area contributed by atoms with E-state index in [9.17, 15) is 24.0 Å². The van der Waals surface area contributed by atoms with Crippen molar-refractivity contribution in [2.45, 2.75) is 44.7 Å². The number of amides is 4. The third kappa shape index (κ3) is 8.55. The number of imide groups is 2. The van der Waals surface area contributed by atoms with Crippen LogP contribution in [-0.2, 0) is 23.2 Å². The Morgan fingerprint density at radius 3 is 2.12 bits per heavy atom. The molecular weight excluding hydrogens is 667 g/mol. The zero-order valence-electron chi connectivity index (χ0n) is 28.2. The summed E-state index contributed by atoms with van der Waals surface area (Å²) < 4.78 is 16.1. The van der Waals surface area contributed by atoms with E-state index in [4.69, 9.17) is 17.3 Å². The van der Waals surface area contributed by atoms with E-state index in [0.29, 0.717) is 13.1 Å². The Balaban J connectivity index is 0.000000233. The first kappa shape index (κ1) is 36.6. The normalized spacial score (nSPS) is 19.6. The summed E-state index contributed by atoms with van der Waals surface area (Å²) in [4.78, 5) is 67.8. The second kappa shape index (κ2) is 16.4. The van der Waals surface area contributed by atoms with Gasteiger partial charge in [0.1, 0.15) is 16.9 Å². The number of hydrogen-bond acceptors (Lipinski definition) is 10. The second-order valence-electron chi connectivity index (χ2n) is 12.8. The minimum absolute atomic E-state index is 0.0255. The molecule has 4 aliphatic heterocycles. The summed E-state index contributed by atoms with van der Waals surface area (Å²) in [5.74, 6) is -3.03. The molecule has 5 heterocycles. The fourth-order valence-electron chi connectivity index (χ4n) is 6.29. The van der Waals surface area contributed by atoms with Crippen molar-refractivity contribution in [2.24, 2.45) is 7.05 Å². The lowest BCUT2D eigenvalue weighted by atomic mass is 10.0. The molecule has 1 unspecified atom stereocenters. The molecule has 3 N–H and O–H groups in total. The Hall–Kier alpha value is -4.66. The van der Waals surface area contributed by atoms with Gasteiger partial charge in [-0.15, -0.1) is 0 Å². The van der Waals surface area contributed by atoms with E-state index in [1.807, 2.05) is 23.1 Å². The number of likely N-dealkylation sites (tertiary alicyclic amines) is 1. The fraction of sp³-hybridized carbons (Fsp3) is 0.429. The molecule has 4 amide bonds. The molecule has 0 bridgehead atoms. The van der Waals surface area contributed by atoms with E-state index in [2.05, 4.69) is 39.4 Å². The fourth-order valence-corrected chi connectivity index (χ4v) is 6.46. The summed E-state index contributed by atoms with van der Waals surface area (Å²) in [7, 11) is 3.70. The van der Waals surface area contributed by atoms with Crippen molar-refractivity contribution >= 4 is 46.6 Å². The molecule has 0 aliphatic carbocycles. The topological polar surface area (TPSA) is 154 Å². The third-order valence-electron chi connectivity index (χ3n) is 9.15. The van der Waals surface area contributed by atoms with Crippen LogP contribution in [-0.4, -0.2) is 100 Å². The van der Waals surface area contributed by atoms with Crippen molar-refractivity contribution in [1.29, 1.82) is 0 Å². The number of nitrogens with one attached hydrogen (secondary N) is 1. The van der Waals surface area contributed by atoms with E-state index in [-0.39, 0.29) is 45.9 Å². The van der Waals surface area contributed by atoms with Crippen molar-refractivity contribution in [2.75, 3.05) is 56.9 Å². The number of carbonyl (C=O) groups is 4. The number of rotatable bonds is 4. The Labute approximate surface area is 294 Å². The molecule has 0 radical (unpaired) electrons. The standard InChI is InChI=1S/C24H23FN4O4.C6H13N.C5H6ClN3O/c25-18-12-16-17(24(33)29(23(16)32)19-6-7-21(30)26-22(19)31)13-20(18)28-10-8-27(9-11-28)14-15-4-2-1-3-5-15;1-7-5-3-2-4-6-7;1-9-5(10)4(6)3(7)2-8-9/h1-5,12-13,19H,6-11,14H2,(H,26,30,31);2-6H2,1H3;2H,7H2,1H3. The number of benzene rings is 2. The van der Waals surface area contributed by atoms with Gasteiger partial charge in [0, 0.05) is 46.2 Å². The zero-order valence-corrected chi connectivity index (χ0v) is 29.0. The van der Waals surface area contributed by atoms with Gasteiger partial charge in [-0.25, -0.2) is 9.07 Å². The Morgan fingerprint density at radius 1 is 0.900 bits per heavy atom. The number of aromatic nitrogens is 2. The number of carbonyl (C=O) groups excluding carboxylic acids is 4. The summed E-state index contributed by atoms with van der Waals surface area (Å²) in [6.07, 6.45) is 5.71. The maximum absolute atomic E-state index is 15.0. The number of anilines is 2. The van der Waals surface area contributed by atoms with Crippen LogP contribution in [0.5, 0.6) is 0 Å². The van der Waals surface area contributed by atoms with Gasteiger partial charge in [0.2, 0.25) is 11.8 Å². The molecule has 4 aliphatic rings. The van der Waals surface area contributed by atoms with Gasteiger partial charge < -0.3 is 15.5 Å². The lowest BCUT2D eigenvalue weighted by Gasteiger charge is -2.36. The monoisotopic (exact) mass is 708 g/mol. The summed E-state index contributed by atoms with van der Waals surface area (Å²) in [6.45, 7) is 6.10. The maximum atomic E-state index is 15.0. The predicted molar refractivity (Wildman–Crippen MR) is 187 cm³/mol. The van der Waals surface area contributed by atoms with Gasteiger partial charge in [-0.3, -0.25) is 39.1 Å². The van der Waals surface area contributed by atoms with Crippen LogP contribution < -0.4 is 21.5 Å². The quantitative estimate of drug-likeness (QED) is 0.387. The first-order valence-electron chi connectivity index (χ1n) is 16.7. The van der Waals surface area contributed by atoms with Gasteiger partial charge in [-0.05, 0) is 57.1 Å². The minimum atomic E-state index is -1.07. The molecule has 15 heteroatoms. The summed E-state index contributed by atoms with van der Waals surface area (Å²) in [6, 6.07) is 11.6. The number of piperazine rings is 1. The number of hydrogen-bond donors (Lipinski definition) is 2. The number of piperidine rings is 2. The van der Waals surface area contributed by atoms with Gasteiger partial charge in [0.25, 0.3) is 17.4 Å². The number of nitrogens with zero attached hydrogens (tertiary/aromatic N) is 6. The molecule has 7 rings (SSSR count). The molecular formula is C35H42ClFN8O5. The summed E-state index contributed by atoms with van der Waals surface area (Å²) >= 11 is 5.48. The Morgan fingerprint density at radius 2 is 1.54 bits per heavy atom. The highest BCUT2D eigenvalue weighted by molar-refractivity contribution is 6.32. The molecule has 3 fully saturated rings. The van der Waals surface area contributed by atoms with Crippen LogP contribution >= 0.6 is 11.6 Å². The van der Waals surface area contributed by atoms with Crippen molar-refractivity contribution < 1.29 is 23.6 Å². The predicted octanol–water partition coefficient (Wildman–Crippen LogP) is 2.67. The summed E-state index contributed by atoms with van der Waals surface area (Å²) in [5, 5.41) is 5.82. The van der Waals surface area contributed by atoms with Crippen LogP contribution in [0.1, 0.15) is 58.4 Å². The summed E-state index contributed by atoms with van der Waals surface area (Å²) in [5.41, 5.74) is 6.66. The second-order valence-corrected chi connectivity index (χ2v) is 13.1. The molecule has 266 valence electrons. The van der Waals surface area contributed by atoms with Crippen LogP contribution in [0.2, 0.25) is 5.02 Å². The van der Waals surface area contributed by atoms with Gasteiger partial charge in [-0.1, -0.05) is 48.4 Å². The smallest absolute Gasteiger partial charge is 0.287 e. The zero-order chi connectivity index (χ0) is 35.9. The van der Waals surface area contributed by atoms with E-state index in [1.165, 1.54) is 57.2 Å². The molecule has 3 aromatic rings. The molecule has 50 heavy (non-hydrogen) atoms. The van der Waals surface area contributed by atoms with Crippen molar-refractivity contribution in [1.82, 2.24) is 29.8 Å². The molecule has 3 saturated heterocycles. The van der Waals surface area contributed by atoms with Gasteiger partial charge >= 0.3 is 0 Å². The van der Waals surface area contributed by atoms with Gasteiger partial charge in [-0.2, -0.15) is 5.10 Å². The molecule has 1 atom stereocenters. The van der Waals surface area contributed by atoms with Crippen LogP contribution in [0.15, 0.2) is 53.5 Å². The van der Waals surface area contributed by atoms with E-state index in [1.54, 1.807) is 0 Å². The average Bonchev–Trinajstić information content (AvgIpc) is 3.34. The van der Waals surface area contributed by atoms with Crippen LogP contribution in [0, 0.1) is 5.82 Å². The number of halogens is 2. The largest absolute Gasteiger partial charge is 0.396 e. The van der Waals surface area contributed by atoms with Crippen molar-refractivity contribution in [3.05, 3.63) is 86.5 Å². The highest BCUT2D eigenvalue weighted by Crippen LogP contribution is 2.33. The average molecular weight is 709 g/mol. The lowest BCUT2D eigenvalue weighted by molar-refractivity contribution is -0.136. The van der Waals surface area contributed by atoms with Gasteiger partial charge in [0.05, 0.1) is 28.7 Å². The number of nitrogens with two attached hydrogens (primary N) is 1. The molecule has 0 saturated carbocycles. The van der Waals surface area contributed by atoms with Crippen molar-refractivity contribution in [3.63, 3.8) is 0 Å². The van der Waals surface area contributed by atoms with E-state index >= 15 is 4.39 Å². The number of aryl methyl sites for hydroxylation is 1. The van der Waals surface area contributed by atoms with Crippen LogP contribution in [0.3, 0.4) is 0 Å². The van der Waals surface area contributed by atoms with Gasteiger partial charge in [0.15, 0.2) is 0 Å². The first-order chi connectivity index (χ1) is 23.9. The highest BCUT2D eigenvalue weighted by atomic mass is 35.5. The van der Waals surface area contributed by atoms with E-state index < -0.39 is 35.5 Å². The maximum Gasteiger partial charge on any atom is 0.287 e. The number of nitrogen functional groups attached to an aromatic ring is 1. The van der Waals surface area contributed by atoms with E-state index in [0.717, 1.165) is 35.3 Å². The minimum Gasteiger partial charge on any atom is -0.396 e. The number of fused-ring (bicyclic) bond motifs is 1. The lowest BCUT2D eigenvalue weighted by Crippen LogP contribution is -2.54. The molecule has 13 nitrogen and oxygen atoms in total. The van der Waals surface area contributed by atoms with Crippen molar-refractivity contribution in [3.8, 4) is 0 Å². The highest BCUT2D eigenvalue weighted by Gasteiger charge is 2.45. The first-order valence-corrected chi connectivity index (χ1v) is 17.0. The Bertz CT molecular complexity index is 1790. The SMILES string of the molecule is CN1CCCCC1.Cn1ncc(N)c(Cl)c1=O.O=C1CCC(N2C(=O)c3cc(F)c(N4CCN(Cc5ccccc5)CC4)cc3C2=O)C(=O)N1. The third-order valence-corrected chi connectivity index (χ3v) is 9.53. The molecule has 2 aromatic carbocycles. The van der Waals surface area contributed by atoms with Crippen LogP contribution in [0.25, 0.3) is 0 Å². The Kier molecular flexibility index (Phi) is 12.0.